The van der Waals surface area contributed by atoms with Gasteiger partial charge in [0, 0.05) is 45.0 Å². The maximum atomic E-state index is 12.2. The Labute approximate surface area is 150 Å². The van der Waals surface area contributed by atoms with Gasteiger partial charge < -0.3 is 15.4 Å². The molecule has 0 saturated carbocycles. The lowest BCUT2D eigenvalue weighted by molar-refractivity contribution is -0.121. The molecule has 0 aromatic carbocycles. The van der Waals surface area contributed by atoms with Crippen molar-refractivity contribution in [3.63, 3.8) is 0 Å². The van der Waals surface area contributed by atoms with Crippen LogP contribution < -0.4 is 10.6 Å². The maximum absolute atomic E-state index is 12.2. The van der Waals surface area contributed by atoms with E-state index in [2.05, 4.69) is 33.5 Å². The molecule has 0 bridgehead atoms. The number of carbonyl (C=O) groups is 1. The standard InChI is InChI=1S/C19H30N4O2/c1-15-13-23(14-16-5-2-3-8-21-16)9-7-18(15)22-19(24)12-20-11-17-6-4-10-25-17/h2-3,5,8,15,17-18,20H,4,6-7,9-14H2,1H3,(H,22,24)/t15-,17+,18-/m1/s1. The molecule has 2 aliphatic heterocycles. The van der Waals surface area contributed by atoms with E-state index in [1.807, 2.05) is 18.3 Å². The van der Waals surface area contributed by atoms with Crippen molar-refractivity contribution in [1.82, 2.24) is 20.5 Å². The largest absolute Gasteiger partial charge is 0.377 e. The fourth-order valence-electron chi connectivity index (χ4n) is 3.72. The summed E-state index contributed by atoms with van der Waals surface area (Å²) in [5.74, 6) is 0.535. The predicted octanol–water partition coefficient (Wildman–Crippen LogP) is 1.18. The minimum absolute atomic E-state index is 0.0908. The average Bonchev–Trinajstić information content (AvgIpc) is 3.12. The molecule has 0 aliphatic carbocycles. The fraction of sp³-hybridized carbons (Fsp3) is 0.684. The molecule has 3 rings (SSSR count). The summed E-state index contributed by atoms with van der Waals surface area (Å²) in [6, 6.07) is 6.30. The van der Waals surface area contributed by atoms with Crippen LogP contribution in [0.25, 0.3) is 0 Å². The van der Waals surface area contributed by atoms with Crippen LogP contribution in [0, 0.1) is 5.92 Å². The van der Waals surface area contributed by atoms with Gasteiger partial charge in [-0.3, -0.25) is 14.7 Å². The van der Waals surface area contributed by atoms with Gasteiger partial charge in [-0.05, 0) is 37.3 Å². The van der Waals surface area contributed by atoms with Crippen molar-refractivity contribution < 1.29 is 9.53 Å². The number of hydrogen-bond acceptors (Lipinski definition) is 5. The summed E-state index contributed by atoms with van der Waals surface area (Å²) in [4.78, 5) is 19.0. The number of amides is 1. The molecule has 1 aromatic rings. The molecule has 2 aliphatic rings. The number of carbonyl (C=O) groups excluding carboxylic acids is 1. The van der Waals surface area contributed by atoms with Gasteiger partial charge in [-0.25, -0.2) is 0 Å². The van der Waals surface area contributed by atoms with Crippen LogP contribution in [0.1, 0.15) is 31.9 Å². The van der Waals surface area contributed by atoms with Crippen molar-refractivity contribution in [1.29, 1.82) is 0 Å². The quantitative estimate of drug-likeness (QED) is 0.776. The predicted molar refractivity (Wildman–Crippen MR) is 97.1 cm³/mol. The highest BCUT2D eigenvalue weighted by molar-refractivity contribution is 5.78. The van der Waals surface area contributed by atoms with Crippen LogP contribution >= 0.6 is 0 Å². The summed E-state index contributed by atoms with van der Waals surface area (Å²) in [5, 5.41) is 6.41. The van der Waals surface area contributed by atoms with Crippen LogP contribution in [-0.2, 0) is 16.1 Å². The molecular formula is C19H30N4O2. The Hall–Kier alpha value is -1.50. The lowest BCUT2D eigenvalue weighted by atomic mass is 9.93. The van der Waals surface area contributed by atoms with Gasteiger partial charge >= 0.3 is 0 Å². The summed E-state index contributed by atoms with van der Waals surface area (Å²) in [6.07, 6.45) is 5.34. The molecule has 1 aromatic heterocycles. The SMILES string of the molecule is C[C@@H]1CN(Cc2ccccn2)CC[C@H]1NC(=O)CNC[C@@H]1CCCO1. The van der Waals surface area contributed by atoms with Crippen LogP contribution in [0.15, 0.2) is 24.4 Å². The van der Waals surface area contributed by atoms with E-state index >= 15 is 0 Å². The van der Waals surface area contributed by atoms with Crippen molar-refractivity contribution in [3.05, 3.63) is 30.1 Å². The van der Waals surface area contributed by atoms with Crippen LogP contribution in [0.4, 0.5) is 0 Å². The van der Waals surface area contributed by atoms with Gasteiger partial charge in [0.15, 0.2) is 0 Å². The number of nitrogens with one attached hydrogen (secondary N) is 2. The number of pyridine rings is 1. The molecule has 0 unspecified atom stereocenters. The van der Waals surface area contributed by atoms with E-state index in [-0.39, 0.29) is 18.1 Å². The van der Waals surface area contributed by atoms with Crippen molar-refractivity contribution in [2.75, 3.05) is 32.8 Å². The molecule has 2 fully saturated rings. The van der Waals surface area contributed by atoms with Crippen LogP contribution in [0.5, 0.6) is 0 Å². The monoisotopic (exact) mass is 346 g/mol. The number of rotatable bonds is 7. The molecule has 3 atom stereocenters. The Morgan fingerprint density at radius 3 is 3.04 bits per heavy atom. The van der Waals surface area contributed by atoms with Gasteiger partial charge in [-0.15, -0.1) is 0 Å². The Balaban J connectivity index is 1.35. The smallest absolute Gasteiger partial charge is 0.234 e. The highest BCUT2D eigenvalue weighted by Gasteiger charge is 2.27. The van der Waals surface area contributed by atoms with E-state index in [9.17, 15) is 4.79 Å². The number of aromatic nitrogens is 1. The number of likely N-dealkylation sites (tertiary alicyclic amines) is 1. The summed E-state index contributed by atoms with van der Waals surface area (Å²) < 4.78 is 5.56. The second-order valence-electron chi connectivity index (χ2n) is 7.26. The van der Waals surface area contributed by atoms with E-state index in [0.29, 0.717) is 12.5 Å². The van der Waals surface area contributed by atoms with Gasteiger partial charge in [0.05, 0.1) is 18.3 Å². The van der Waals surface area contributed by atoms with E-state index in [4.69, 9.17) is 4.74 Å². The molecule has 3 heterocycles. The Morgan fingerprint density at radius 1 is 1.40 bits per heavy atom. The Kier molecular flexibility index (Phi) is 6.78. The lowest BCUT2D eigenvalue weighted by Crippen LogP contribution is -2.51. The first-order chi connectivity index (χ1) is 12.2. The lowest BCUT2D eigenvalue weighted by Gasteiger charge is -2.37. The zero-order valence-electron chi connectivity index (χ0n) is 15.1. The number of hydrogen-bond donors (Lipinski definition) is 2. The van der Waals surface area contributed by atoms with Crippen molar-refractivity contribution >= 4 is 5.91 Å². The zero-order chi connectivity index (χ0) is 17.5. The molecular weight excluding hydrogens is 316 g/mol. The average molecular weight is 346 g/mol. The number of piperidine rings is 1. The second-order valence-corrected chi connectivity index (χ2v) is 7.26. The number of nitrogens with zero attached hydrogens (tertiary/aromatic N) is 2. The molecule has 0 radical (unpaired) electrons. The number of ether oxygens (including phenoxy) is 1. The van der Waals surface area contributed by atoms with Crippen LogP contribution in [0.3, 0.4) is 0 Å². The fourth-order valence-corrected chi connectivity index (χ4v) is 3.72. The van der Waals surface area contributed by atoms with Crippen molar-refractivity contribution in [2.24, 2.45) is 5.92 Å². The molecule has 6 heteroatoms. The van der Waals surface area contributed by atoms with E-state index < -0.39 is 0 Å². The van der Waals surface area contributed by atoms with Gasteiger partial charge in [0.2, 0.25) is 5.91 Å². The molecule has 1 amide bonds. The van der Waals surface area contributed by atoms with Crippen molar-refractivity contribution in [2.45, 2.75) is 44.9 Å². The third kappa shape index (κ3) is 5.76. The van der Waals surface area contributed by atoms with E-state index in [1.54, 1.807) is 0 Å². The molecule has 138 valence electrons. The third-order valence-electron chi connectivity index (χ3n) is 5.13. The van der Waals surface area contributed by atoms with E-state index in [1.165, 1.54) is 0 Å². The molecule has 2 saturated heterocycles. The molecule has 25 heavy (non-hydrogen) atoms. The van der Waals surface area contributed by atoms with Gasteiger partial charge in [-0.1, -0.05) is 13.0 Å². The second kappa shape index (κ2) is 9.27. The van der Waals surface area contributed by atoms with Crippen molar-refractivity contribution in [3.8, 4) is 0 Å². The first kappa shape index (κ1) is 18.3. The van der Waals surface area contributed by atoms with Crippen LogP contribution in [-0.4, -0.2) is 60.7 Å². The highest BCUT2D eigenvalue weighted by atomic mass is 16.5. The molecule has 0 spiro atoms. The zero-order valence-corrected chi connectivity index (χ0v) is 15.1. The Bertz CT molecular complexity index is 533. The molecule has 6 nitrogen and oxygen atoms in total. The first-order valence-electron chi connectivity index (χ1n) is 9.44. The topological polar surface area (TPSA) is 66.5 Å². The first-order valence-corrected chi connectivity index (χ1v) is 9.44. The normalized spacial score (nSPS) is 27.3. The summed E-state index contributed by atoms with van der Waals surface area (Å²) in [5.41, 5.74) is 1.11. The summed E-state index contributed by atoms with van der Waals surface area (Å²) >= 11 is 0. The molecule has 2 N–H and O–H groups in total. The summed E-state index contributed by atoms with van der Waals surface area (Å²) in [6.45, 7) is 7.09. The summed E-state index contributed by atoms with van der Waals surface area (Å²) in [7, 11) is 0. The van der Waals surface area contributed by atoms with Gasteiger partial charge in [0.1, 0.15) is 0 Å². The minimum Gasteiger partial charge on any atom is -0.377 e. The Morgan fingerprint density at radius 2 is 2.32 bits per heavy atom. The van der Waals surface area contributed by atoms with Crippen LogP contribution in [0.2, 0.25) is 0 Å². The van der Waals surface area contributed by atoms with Gasteiger partial charge in [0.25, 0.3) is 0 Å². The maximum Gasteiger partial charge on any atom is 0.234 e. The van der Waals surface area contributed by atoms with E-state index in [0.717, 1.165) is 57.7 Å². The van der Waals surface area contributed by atoms with Gasteiger partial charge in [-0.2, -0.15) is 0 Å². The third-order valence-corrected chi connectivity index (χ3v) is 5.13. The highest BCUT2D eigenvalue weighted by Crippen LogP contribution is 2.18. The minimum atomic E-state index is 0.0908.